The molecule has 1 aromatic rings. The van der Waals surface area contributed by atoms with Crippen molar-refractivity contribution in [3.8, 4) is 0 Å². The van der Waals surface area contributed by atoms with Crippen LogP contribution in [0.4, 0.5) is 17.6 Å². The van der Waals surface area contributed by atoms with Crippen LogP contribution in [0.1, 0.15) is 15.9 Å². The van der Waals surface area contributed by atoms with Crippen molar-refractivity contribution in [2.75, 3.05) is 13.1 Å². The Morgan fingerprint density at radius 2 is 1.74 bits per heavy atom. The summed E-state index contributed by atoms with van der Waals surface area (Å²) < 4.78 is 72.3. The lowest BCUT2D eigenvalue weighted by Gasteiger charge is -2.14. The zero-order valence-corrected chi connectivity index (χ0v) is 13.3. The van der Waals surface area contributed by atoms with Crippen LogP contribution in [-0.4, -0.2) is 39.1 Å². The van der Waals surface area contributed by atoms with Gasteiger partial charge >= 0.3 is 5.76 Å². The van der Waals surface area contributed by atoms with Gasteiger partial charge in [-0.05, 0) is 17.7 Å². The average Bonchev–Trinajstić information content (AvgIpc) is 2.45. The highest BCUT2D eigenvalue weighted by Crippen LogP contribution is 2.14. The van der Waals surface area contributed by atoms with Gasteiger partial charge in [0.15, 0.2) is 0 Å². The summed E-state index contributed by atoms with van der Waals surface area (Å²) in [5.74, 6) is -8.41. The second kappa shape index (κ2) is 8.46. The Morgan fingerprint density at radius 3 is 2.17 bits per heavy atom. The van der Waals surface area contributed by atoms with Gasteiger partial charge in [-0.1, -0.05) is 12.1 Å². The smallest absolute Gasteiger partial charge is 0.337 e. The molecule has 0 aliphatic carbocycles. The first kappa shape index (κ1) is 21.6. The van der Waals surface area contributed by atoms with E-state index in [4.69, 9.17) is 5.73 Å². The van der Waals surface area contributed by atoms with E-state index in [9.17, 15) is 30.8 Å². The van der Waals surface area contributed by atoms with Crippen molar-refractivity contribution < 1.29 is 30.8 Å². The number of nitrogens with one attached hydrogen (secondary N) is 1. The van der Waals surface area contributed by atoms with E-state index < -0.39 is 46.3 Å². The van der Waals surface area contributed by atoms with E-state index >= 15 is 0 Å². The van der Waals surface area contributed by atoms with Gasteiger partial charge in [-0.15, -0.1) is 12.4 Å². The number of sulfone groups is 1. The lowest BCUT2D eigenvalue weighted by atomic mass is 10.1. The maximum atomic E-state index is 12.9. The Kier molecular flexibility index (Phi) is 7.95. The molecule has 0 heterocycles. The van der Waals surface area contributed by atoms with Gasteiger partial charge in [-0.2, -0.15) is 8.78 Å². The minimum absolute atomic E-state index is 0. The molecule has 0 unspecified atom stereocenters. The van der Waals surface area contributed by atoms with E-state index in [-0.39, 0.29) is 23.5 Å². The predicted octanol–water partition coefficient (Wildman–Crippen LogP) is 1.57. The molecule has 5 nitrogen and oxygen atoms in total. The van der Waals surface area contributed by atoms with Gasteiger partial charge in [-0.3, -0.25) is 4.79 Å². The van der Waals surface area contributed by atoms with Crippen LogP contribution in [0.2, 0.25) is 0 Å². The summed E-state index contributed by atoms with van der Waals surface area (Å²) in [5.41, 5.74) is 4.87. The molecule has 3 N–H and O–H groups in total. The van der Waals surface area contributed by atoms with Crippen LogP contribution >= 0.6 is 12.4 Å². The molecule has 132 valence electrons. The molecule has 0 fully saturated rings. The number of carbonyl (C=O) groups excluding carboxylic acids is 1. The number of alkyl halides is 4. The minimum Gasteiger partial charge on any atom is -0.346 e. The minimum atomic E-state index is -4.56. The fourth-order valence-electron chi connectivity index (χ4n) is 1.43. The summed E-state index contributed by atoms with van der Waals surface area (Å²) in [4.78, 5) is 11.6. The molecule has 0 saturated carbocycles. The van der Waals surface area contributed by atoms with Gasteiger partial charge in [0.05, 0.1) is 18.8 Å². The molecule has 1 aromatic carbocycles. The molecule has 23 heavy (non-hydrogen) atoms. The maximum Gasteiger partial charge on any atom is 0.337 e. The zero-order chi connectivity index (χ0) is 17.0. The molecule has 0 aliphatic heterocycles. The van der Waals surface area contributed by atoms with Crippen molar-refractivity contribution >= 4 is 28.2 Å². The quantitative estimate of drug-likeness (QED) is 0.705. The number of halogens is 5. The summed E-state index contributed by atoms with van der Waals surface area (Å²) in [6, 6.07) is 4.64. The predicted molar refractivity (Wildman–Crippen MR) is 78.7 cm³/mol. The van der Waals surface area contributed by atoms with Crippen LogP contribution in [-0.2, 0) is 15.6 Å². The SMILES string of the molecule is Cl.NCC(F)(F)CNC(=O)c1ccc(CS(=O)(=O)C(F)F)cc1. The van der Waals surface area contributed by atoms with Crippen molar-refractivity contribution in [2.45, 2.75) is 17.4 Å². The molecule has 0 spiro atoms. The standard InChI is InChI=1S/C12H14F4N2O3S.ClH/c13-11(14)22(20,21)5-8-1-3-9(4-2-8)10(19)18-7-12(15,16)6-17;/h1-4,11H,5-7,17H2,(H,18,19);1H. The molecule has 11 heteroatoms. The van der Waals surface area contributed by atoms with Gasteiger partial charge in [-0.25, -0.2) is 17.2 Å². The Balaban J connectivity index is 0.00000484. The van der Waals surface area contributed by atoms with E-state index in [1.165, 1.54) is 0 Å². The first-order valence-corrected chi connectivity index (χ1v) is 7.74. The third-order valence-corrected chi connectivity index (χ3v) is 3.94. The molecule has 0 aliphatic rings. The molecule has 0 atom stereocenters. The van der Waals surface area contributed by atoms with Crippen molar-refractivity contribution in [3.05, 3.63) is 35.4 Å². The van der Waals surface area contributed by atoms with Crippen molar-refractivity contribution in [1.82, 2.24) is 5.32 Å². The fraction of sp³-hybridized carbons (Fsp3) is 0.417. The zero-order valence-electron chi connectivity index (χ0n) is 11.6. The number of amides is 1. The Bertz CT molecular complexity index is 624. The van der Waals surface area contributed by atoms with Gasteiger partial charge < -0.3 is 11.1 Å². The van der Waals surface area contributed by atoms with Crippen molar-refractivity contribution in [3.63, 3.8) is 0 Å². The number of benzene rings is 1. The highest BCUT2D eigenvalue weighted by molar-refractivity contribution is 7.90. The molecule has 0 aromatic heterocycles. The maximum absolute atomic E-state index is 12.9. The Morgan fingerprint density at radius 1 is 1.22 bits per heavy atom. The second-order valence-electron chi connectivity index (χ2n) is 4.51. The molecule has 1 amide bonds. The third kappa shape index (κ3) is 6.71. The van der Waals surface area contributed by atoms with E-state index in [1.54, 1.807) is 0 Å². The first-order chi connectivity index (χ1) is 10.1. The second-order valence-corrected chi connectivity index (χ2v) is 6.48. The van der Waals surface area contributed by atoms with Crippen LogP contribution < -0.4 is 11.1 Å². The Hall–Kier alpha value is -1.39. The number of nitrogens with two attached hydrogens (primary N) is 1. The highest BCUT2D eigenvalue weighted by Gasteiger charge is 2.27. The number of rotatable bonds is 7. The molecule has 1 rings (SSSR count). The highest BCUT2D eigenvalue weighted by atomic mass is 35.5. The molecular weight excluding hydrogens is 364 g/mol. The monoisotopic (exact) mass is 378 g/mol. The van der Waals surface area contributed by atoms with Gasteiger partial charge in [0.1, 0.15) is 0 Å². The van der Waals surface area contributed by atoms with E-state index in [0.717, 1.165) is 24.3 Å². The van der Waals surface area contributed by atoms with Crippen LogP contribution in [0.15, 0.2) is 24.3 Å². The summed E-state index contributed by atoms with van der Waals surface area (Å²) in [5, 5.41) is 1.97. The third-order valence-electron chi connectivity index (χ3n) is 2.66. The van der Waals surface area contributed by atoms with Crippen molar-refractivity contribution in [1.29, 1.82) is 0 Å². The normalized spacial score (nSPS) is 11.9. The van der Waals surface area contributed by atoms with Crippen LogP contribution in [0.5, 0.6) is 0 Å². The van der Waals surface area contributed by atoms with E-state index in [1.807, 2.05) is 5.32 Å². The fourth-order valence-corrected chi connectivity index (χ4v) is 2.21. The summed E-state index contributed by atoms with van der Waals surface area (Å²) >= 11 is 0. The number of carbonyl (C=O) groups is 1. The summed E-state index contributed by atoms with van der Waals surface area (Å²) in [6.45, 7) is -1.86. The van der Waals surface area contributed by atoms with Crippen LogP contribution in [0, 0.1) is 0 Å². The molecular formula is C12H15ClF4N2O3S. The van der Waals surface area contributed by atoms with Gasteiger partial charge in [0.25, 0.3) is 11.8 Å². The first-order valence-electron chi connectivity index (χ1n) is 6.02. The summed E-state index contributed by atoms with van der Waals surface area (Å²) in [6.07, 6.45) is 0. The molecule has 0 radical (unpaired) electrons. The number of hydrogen-bond acceptors (Lipinski definition) is 4. The molecule has 0 bridgehead atoms. The van der Waals surface area contributed by atoms with Crippen LogP contribution in [0.25, 0.3) is 0 Å². The number of hydrogen-bond donors (Lipinski definition) is 2. The average molecular weight is 379 g/mol. The van der Waals surface area contributed by atoms with E-state index in [0.29, 0.717) is 0 Å². The lowest BCUT2D eigenvalue weighted by Crippen LogP contribution is -2.41. The van der Waals surface area contributed by atoms with Gasteiger partial charge in [0, 0.05) is 5.56 Å². The largest absolute Gasteiger partial charge is 0.346 e. The lowest BCUT2D eigenvalue weighted by molar-refractivity contribution is 0.0118. The molecule has 0 saturated heterocycles. The van der Waals surface area contributed by atoms with Gasteiger partial charge in [0.2, 0.25) is 9.84 Å². The Labute approximate surface area is 136 Å². The van der Waals surface area contributed by atoms with Crippen molar-refractivity contribution in [2.24, 2.45) is 5.73 Å². The summed E-state index contributed by atoms with van der Waals surface area (Å²) in [7, 11) is -4.56. The van der Waals surface area contributed by atoms with E-state index in [2.05, 4.69) is 0 Å². The topological polar surface area (TPSA) is 89.3 Å². The van der Waals surface area contributed by atoms with Crippen LogP contribution in [0.3, 0.4) is 0 Å².